The zero-order valence-corrected chi connectivity index (χ0v) is 17.5. The topological polar surface area (TPSA) is 67.9 Å². The highest BCUT2D eigenvalue weighted by Gasteiger charge is 2.23. The van der Waals surface area contributed by atoms with Gasteiger partial charge in [-0.3, -0.25) is 4.98 Å². The molecule has 5 heteroatoms. The van der Waals surface area contributed by atoms with Crippen LogP contribution in [0.3, 0.4) is 0 Å². The maximum absolute atomic E-state index is 12.9. The van der Waals surface area contributed by atoms with Crippen LogP contribution in [0.2, 0.25) is 0 Å². The van der Waals surface area contributed by atoms with Gasteiger partial charge in [-0.25, -0.2) is 4.79 Å². The Morgan fingerprint density at radius 1 is 1.20 bits per heavy atom. The lowest BCUT2D eigenvalue weighted by atomic mass is 10.1. The number of hydrogen-bond donors (Lipinski definition) is 0. The summed E-state index contributed by atoms with van der Waals surface area (Å²) < 4.78 is 7.96. The van der Waals surface area contributed by atoms with Crippen LogP contribution in [0.4, 0.5) is 0 Å². The SMILES string of the molecule is CCCn1c(C)cc(/C=C(\C#N)C(=O)OC(c2ccccc2)c2ccccn2)c1C. The molecule has 0 amide bonds. The van der Waals surface area contributed by atoms with Crippen molar-refractivity contribution in [2.24, 2.45) is 0 Å². The van der Waals surface area contributed by atoms with E-state index in [9.17, 15) is 10.1 Å². The number of nitrogens with zero attached hydrogens (tertiary/aromatic N) is 3. The summed E-state index contributed by atoms with van der Waals surface area (Å²) in [6, 6.07) is 18.8. The predicted molar refractivity (Wildman–Crippen MR) is 116 cm³/mol. The highest BCUT2D eigenvalue weighted by atomic mass is 16.5. The molecule has 0 spiro atoms. The second-order valence-electron chi connectivity index (χ2n) is 7.10. The maximum atomic E-state index is 12.9. The molecule has 1 atom stereocenters. The monoisotopic (exact) mass is 399 g/mol. The van der Waals surface area contributed by atoms with E-state index in [1.54, 1.807) is 24.4 Å². The van der Waals surface area contributed by atoms with E-state index in [-0.39, 0.29) is 5.57 Å². The fraction of sp³-hybridized carbons (Fsp3) is 0.240. The first-order valence-electron chi connectivity index (χ1n) is 10.0. The lowest BCUT2D eigenvalue weighted by molar-refractivity contribution is -0.142. The van der Waals surface area contributed by atoms with Gasteiger partial charge in [0.15, 0.2) is 6.10 Å². The van der Waals surface area contributed by atoms with Crippen molar-refractivity contribution in [3.05, 3.63) is 94.6 Å². The van der Waals surface area contributed by atoms with E-state index in [1.807, 2.05) is 62.4 Å². The summed E-state index contributed by atoms with van der Waals surface area (Å²) in [4.78, 5) is 17.3. The molecular formula is C25H25N3O2. The van der Waals surface area contributed by atoms with Crippen LogP contribution in [0.1, 0.15) is 47.7 Å². The smallest absolute Gasteiger partial charge is 0.349 e. The number of hydrogen-bond acceptors (Lipinski definition) is 4. The molecule has 3 rings (SSSR count). The molecule has 0 radical (unpaired) electrons. The molecule has 0 saturated carbocycles. The Balaban J connectivity index is 1.92. The van der Waals surface area contributed by atoms with E-state index >= 15 is 0 Å². The first-order valence-corrected chi connectivity index (χ1v) is 10.0. The van der Waals surface area contributed by atoms with Crippen molar-refractivity contribution in [3.8, 4) is 6.07 Å². The van der Waals surface area contributed by atoms with E-state index < -0.39 is 12.1 Å². The Morgan fingerprint density at radius 3 is 2.57 bits per heavy atom. The van der Waals surface area contributed by atoms with Crippen molar-refractivity contribution in [2.75, 3.05) is 0 Å². The molecular weight excluding hydrogens is 374 g/mol. The molecule has 2 heterocycles. The third-order valence-corrected chi connectivity index (χ3v) is 4.98. The van der Waals surface area contributed by atoms with Crippen molar-refractivity contribution in [1.82, 2.24) is 9.55 Å². The predicted octanol–water partition coefficient (Wildman–Crippen LogP) is 5.15. The van der Waals surface area contributed by atoms with Crippen LogP contribution in [-0.2, 0) is 16.1 Å². The van der Waals surface area contributed by atoms with Gasteiger partial charge in [0, 0.05) is 24.1 Å². The Morgan fingerprint density at radius 2 is 1.93 bits per heavy atom. The number of benzene rings is 1. The normalized spacial score (nSPS) is 12.3. The minimum atomic E-state index is -0.691. The molecule has 5 nitrogen and oxygen atoms in total. The van der Waals surface area contributed by atoms with Crippen molar-refractivity contribution in [1.29, 1.82) is 5.26 Å². The summed E-state index contributed by atoms with van der Waals surface area (Å²) >= 11 is 0. The number of esters is 1. The number of aromatic nitrogens is 2. The zero-order valence-electron chi connectivity index (χ0n) is 17.5. The third kappa shape index (κ3) is 4.66. The standard InChI is InChI=1S/C25H25N3O2/c1-4-14-28-18(2)15-21(19(28)3)16-22(17-26)25(29)30-24(20-10-6-5-7-11-20)23-12-8-9-13-27-23/h5-13,15-16,24H,4,14H2,1-3H3/b22-16+. The van der Waals surface area contributed by atoms with Crippen LogP contribution >= 0.6 is 0 Å². The van der Waals surface area contributed by atoms with E-state index in [0.29, 0.717) is 5.69 Å². The van der Waals surface area contributed by atoms with Gasteiger partial charge in [-0.1, -0.05) is 43.3 Å². The van der Waals surface area contributed by atoms with Crippen LogP contribution in [-0.4, -0.2) is 15.5 Å². The van der Waals surface area contributed by atoms with E-state index in [0.717, 1.165) is 35.5 Å². The number of aryl methyl sites for hydroxylation is 1. The van der Waals surface area contributed by atoms with Crippen molar-refractivity contribution in [3.63, 3.8) is 0 Å². The minimum absolute atomic E-state index is 0.0383. The average molecular weight is 399 g/mol. The Kier molecular flexibility index (Phi) is 6.82. The zero-order chi connectivity index (χ0) is 21.5. The molecule has 0 saturated heterocycles. The highest BCUT2D eigenvalue weighted by molar-refractivity contribution is 5.98. The fourth-order valence-electron chi connectivity index (χ4n) is 3.46. The molecule has 0 aliphatic carbocycles. The molecule has 0 aliphatic heterocycles. The summed E-state index contributed by atoms with van der Waals surface area (Å²) in [5, 5.41) is 9.64. The summed E-state index contributed by atoms with van der Waals surface area (Å²) in [7, 11) is 0. The molecule has 2 aromatic heterocycles. The molecule has 0 fully saturated rings. The van der Waals surface area contributed by atoms with Gasteiger partial charge in [-0.05, 0) is 55.7 Å². The van der Waals surface area contributed by atoms with Gasteiger partial charge < -0.3 is 9.30 Å². The first kappa shape index (κ1) is 21.1. The van der Waals surface area contributed by atoms with Crippen LogP contribution < -0.4 is 0 Å². The minimum Gasteiger partial charge on any atom is -0.447 e. The van der Waals surface area contributed by atoms with Gasteiger partial charge in [0.2, 0.25) is 0 Å². The van der Waals surface area contributed by atoms with E-state index in [4.69, 9.17) is 4.74 Å². The number of nitriles is 1. The average Bonchev–Trinajstić information content (AvgIpc) is 3.04. The quantitative estimate of drug-likeness (QED) is 0.313. The number of carbonyl (C=O) groups excluding carboxylic acids is 1. The van der Waals surface area contributed by atoms with Crippen molar-refractivity contribution < 1.29 is 9.53 Å². The van der Waals surface area contributed by atoms with E-state index in [2.05, 4.69) is 16.5 Å². The second-order valence-corrected chi connectivity index (χ2v) is 7.10. The molecule has 0 aliphatic rings. The van der Waals surface area contributed by atoms with Gasteiger partial charge in [0.25, 0.3) is 0 Å². The molecule has 3 aromatic rings. The van der Waals surface area contributed by atoms with Gasteiger partial charge in [-0.15, -0.1) is 0 Å². The number of rotatable bonds is 7. The van der Waals surface area contributed by atoms with Gasteiger partial charge >= 0.3 is 5.97 Å². The maximum Gasteiger partial charge on any atom is 0.349 e. The van der Waals surface area contributed by atoms with Crippen molar-refractivity contribution >= 4 is 12.0 Å². The summed E-state index contributed by atoms with van der Waals surface area (Å²) in [5.41, 5.74) is 4.34. The Hall–Kier alpha value is -3.65. The lowest BCUT2D eigenvalue weighted by Crippen LogP contribution is -2.15. The molecule has 152 valence electrons. The Labute approximate surface area is 177 Å². The highest BCUT2D eigenvalue weighted by Crippen LogP contribution is 2.26. The Bertz CT molecular complexity index is 1040. The molecule has 30 heavy (non-hydrogen) atoms. The van der Waals surface area contributed by atoms with Gasteiger partial charge in [-0.2, -0.15) is 5.26 Å². The number of pyridine rings is 1. The largest absolute Gasteiger partial charge is 0.447 e. The molecule has 1 aromatic carbocycles. The lowest BCUT2D eigenvalue weighted by Gasteiger charge is -2.17. The van der Waals surface area contributed by atoms with Crippen LogP contribution in [0.15, 0.2) is 66.4 Å². The van der Waals surface area contributed by atoms with E-state index in [1.165, 1.54) is 0 Å². The summed E-state index contributed by atoms with van der Waals surface area (Å²) in [6.45, 7) is 7.04. The van der Waals surface area contributed by atoms with Crippen LogP contribution in [0, 0.1) is 25.2 Å². The molecule has 0 bridgehead atoms. The van der Waals surface area contributed by atoms with Crippen LogP contribution in [0.5, 0.6) is 0 Å². The summed E-state index contributed by atoms with van der Waals surface area (Å²) in [6.07, 6.45) is 3.58. The first-order chi connectivity index (χ1) is 14.5. The van der Waals surface area contributed by atoms with Gasteiger partial charge in [0.05, 0.1) is 5.69 Å². The van der Waals surface area contributed by atoms with Crippen LogP contribution in [0.25, 0.3) is 6.08 Å². The second kappa shape index (κ2) is 9.71. The third-order valence-electron chi connectivity index (χ3n) is 4.98. The summed E-state index contributed by atoms with van der Waals surface area (Å²) in [5.74, 6) is -0.669. The van der Waals surface area contributed by atoms with Gasteiger partial charge in [0.1, 0.15) is 11.6 Å². The number of carbonyl (C=O) groups is 1. The number of ether oxygens (including phenoxy) is 1. The fourth-order valence-corrected chi connectivity index (χ4v) is 3.46. The molecule has 0 N–H and O–H groups in total. The molecule has 1 unspecified atom stereocenters. The van der Waals surface area contributed by atoms with Crippen molar-refractivity contribution in [2.45, 2.75) is 39.8 Å².